The van der Waals surface area contributed by atoms with Gasteiger partial charge in [0.2, 0.25) is 0 Å². The average molecular weight is 149 g/mol. The topological polar surface area (TPSA) is 41.6 Å². The summed E-state index contributed by atoms with van der Waals surface area (Å²) in [5, 5.41) is 12.6. The predicted molar refractivity (Wildman–Crippen MR) is 41.9 cm³/mol. The summed E-state index contributed by atoms with van der Waals surface area (Å²) in [7, 11) is 0. The maximum absolute atomic E-state index is 8.56. The molecule has 0 aliphatic rings. The SMILES string of the molecule is CCc1cnn(C(C)C#N)c1. The Morgan fingerprint density at radius 2 is 2.55 bits per heavy atom. The van der Waals surface area contributed by atoms with Crippen molar-refractivity contribution in [3.8, 4) is 6.07 Å². The maximum atomic E-state index is 8.56. The van der Waals surface area contributed by atoms with E-state index in [0.717, 1.165) is 6.42 Å². The first-order chi connectivity index (χ1) is 5.27. The van der Waals surface area contributed by atoms with Crippen LogP contribution in [0.3, 0.4) is 0 Å². The third-order valence-corrected chi connectivity index (χ3v) is 1.65. The van der Waals surface area contributed by atoms with Gasteiger partial charge in [-0.2, -0.15) is 10.4 Å². The lowest BCUT2D eigenvalue weighted by atomic mass is 10.3. The molecule has 0 N–H and O–H groups in total. The van der Waals surface area contributed by atoms with E-state index in [4.69, 9.17) is 5.26 Å². The monoisotopic (exact) mass is 149 g/mol. The summed E-state index contributed by atoms with van der Waals surface area (Å²) >= 11 is 0. The van der Waals surface area contributed by atoms with Crippen LogP contribution < -0.4 is 0 Å². The minimum absolute atomic E-state index is 0.157. The highest BCUT2D eigenvalue weighted by atomic mass is 15.3. The van der Waals surface area contributed by atoms with Gasteiger partial charge in [-0.15, -0.1) is 0 Å². The molecule has 11 heavy (non-hydrogen) atoms. The minimum atomic E-state index is -0.157. The summed E-state index contributed by atoms with van der Waals surface area (Å²) in [5.74, 6) is 0. The lowest BCUT2D eigenvalue weighted by molar-refractivity contribution is 0.590. The fraction of sp³-hybridized carbons (Fsp3) is 0.500. The van der Waals surface area contributed by atoms with E-state index in [1.54, 1.807) is 10.9 Å². The Hall–Kier alpha value is -1.30. The van der Waals surface area contributed by atoms with Crippen LogP contribution in [0.4, 0.5) is 0 Å². The number of hydrogen-bond acceptors (Lipinski definition) is 2. The number of hydrogen-bond donors (Lipinski definition) is 0. The van der Waals surface area contributed by atoms with Gasteiger partial charge in [-0.25, -0.2) is 0 Å². The maximum Gasteiger partial charge on any atom is 0.135 e. The van der Waals surface area contributed by atoms with Crippen LogP contribution in [0.5, 0.6) is 0 Å². The van der Waals surface area contributed by atoms with E-state index in [9.17, 15) is 0 Å². The smallest absolute Gasteiger partial charge is 0.135 e. The molecule has 58 valence electrons. The first-order valence-electron chi connectivity index (χ1n) is 3.70. The molecular weight excluding hydrogens is 138 g/mol. The van der Waals surface area contributed by atoms with Crippen LogP contribution in [-0.2, 0) is 6.42 Å². The summed E-state index contributed by atoms with van der Waals surface area (Å²) in [6.07, 6.45) is 4.68. The molecule has 0 radical (unpaired) electrons. The van der Waals surface area contributed by atoms with E-state index < -0.39 is 0 Å². The van der Waals surface area contributed by atoms with E-state index in [-0.39, 0.29) is 6.04 Å². The van der Waals surface area contributed by atoms with Crippen molar-refractivity contribution in [2.45, 2.75) is 26.3 Å². The van der Waals surface area contributed by atoms with Gasteiger partial charge in [-0.05, 0) is 18.9 Å². The third-order valence-electron chi connectivity index (χ3n) is 1.65. The van der Waals surface area contributed by atoms with Crippen molar-refractivity contribution in [3.63, 3.8) is 0 Å². The van der Waals surface area contributed by atoms with Crippen LogP contribution in [0.25, 0.3) is 0 Å². The van der Waals surface area contributed by atoms with Gasteiger partial charge in [0.25, 0.3) is 0 Å². The lowest BCUT2D eigenvalue weighted by Gasteiger charge is -1.99. The van der Waals surface area contributed by atoms with E-state index in [1.807, 2.05) is 13.1 Å². The normalized spacial score (nSPS) is 12.5. The molecule has 0 aliphatic heterocycles. The molecule has 1 aromatic rings. The largest absolute Gasteiger partial charge is 0.256 e. The number of rotatable bonds is 2. The van der Waals surface area contributed by atoms with E-state index in [2.05, 4.69) is 18.1 Å². The standard InChI is InChI=1S/C8H11N3/c1-3-8-5-10-11(6-8)7(2)4-9/h5-7H,3H2,1-2H3. The highest BCUT2D eigenvalue weighted by Gasteiger charge is 2.02. The molecule has 1 atom stereocenters. The van der Waals surface area contributed by atoms with Gasteiger partial charge in [-0.1, -0.05) is 6.92 Å². The van der Waals surface area contributed by atoms with Crippen LogP contribution in [0.1, 0.15) is 25.5 Å². The quantitative estimate of drug-likeness (QED) is 0.639. The molecule has 1 unspecified atom stereocenters. The highest BCUT2D eigenvalue weighted by molar-refractivity contribution is 5.05. The summed E-state index contributed by atoms with van der Waals surface area (Å²) in [5.41, 5.74) is 1.17. The zero-order valence-corrected chi connectivity index (χ0v) is 6.78. The second kappa shape index (κ2) is 3.20. The van der Waals surface area contributed by atoms with Gasteiger partial charge < -0.3 is 0 Å². The van der Waals surface area contributed by atoms with Crippen molar-refractivity contribution in [3.05, 3.63) is 18.0 Å². The molecule has 3 heteroatoms. The second-order valence-corrected chi connectivity index (χ2v) is 2.49. The van der Waals surface area contributed by atoms with Gasteiger partial charge in [-0.3, -0.25) is 4.68 Å². The second-order valence-electron chi connectivity index (χ2n) is 2.49. The van der Waals surface area contributed by atoms with Gasteiger partial charge in [0.1, 0.15) is 6.04 Å². The Bertz CT molecular complexity index is 269. The van der Waals surface area contributed by atoms with E-state index in [1.165, 1.54) is 5.56 Å². The number of nitrogens with zero attached hydrogens (tertiary/aromatic N) is 3. The highest BCUT2D eigenvalue weighted by Crippen LogP contribution is 2.04. The summed E-state index contributed by atoms with van der Waals surface area (Å²) in [6.45, 7) is 3.89. The summed E-state index contributed by atoms with van der Waals surface area (Å²) in [6, 6.07) is 1.96. The van der Waals surface area contributed by atoms with Crippen molar-refractivity contribution < 1.29 is 0 Å². The van der Waals surface area contributed by atoms with Crippen LogP contribution in [-0.4, -0.2) is 9.78 Å². The van der Waals surface area contributed by atoms with Crippen molar-refractivity contribution in [1.82, 2.24) is 9.78 Å². The molecule has 0 saturated carbocycles. The van der Waals surface area contributed by atoms with E-state index in [0.29, 0.717) is 0 Å². The van der Waals surface area contributed by atoms with Crippen molar-refractivity contribution in [2.24, 2.45) is 0 Å². The number of aromatic nitrogens is 2. The molecular formula is C8H11N3. The number of aryl methyl sites for hydroxylation is 1. The average Bonchev–Trinajstić information content (AvgIpc) is 2.50. The molecule has 1 heterocycles. The Labute approximate surface area is 66.3 Å². The third kappa shape index (κ3) is 1.58. The fourth-order valence-corrected chi connectivity index (χ4v) is 0.831. The molecule has 1 aromatic heterocycles. The Kier molecular flexibility index (Phi) is 2.27. The van der Waals surface area contributed by atoms with Crippen LogP contribution in [0.2, 0.25) is 0 Å². The first kappa shape index (κ1) is 7.80. The zero-order valence-electron chi connectivity index (χ0n) is 6.78. The number of nitriles is 1. The van der Waals surface area contributed by atoms with Crippen LogP contribution >= 0.6 is 0 Å². The molecule has 0 aliphatic carbocycles. The fourth-order valence-electron chi connectivity index (χ4n) is 0.831. The Morgan fingerprint density at radius 1 is 1.82 bits per heavy atom. The Balaban J connectivity index is 2.82. The summed E-state index contributed by atoms with van der Waals surface area (Å²) in [4.78, 5) is 0. The van der Waals surface area contributed by atoms with Crippen molar-refractivity contribution in [2.75, 3.05) is 0 Å². The van der Waals surface area contributed by atoms with Crippen molar-refractivity contribution >= 4 is 0 Å². The minimum Gasteiger partial charge on any atom is -0.256 e. The van der Waals surface area contributed by atoms with Gasteiger partial charge >= 0.3 is 0 Å². The zero-order chi connectivity index (χ0) is 8.27. The molecule has 0 bridgehead atoms. The predicted octanol–water partition coefficient (Wildman–Crippen LogP) is 1.53. The van der Waals surface area contributed by atoms with Crippen LogP contribution in [0, 0.1) is 11.3 Å². The lowest BCUT2D eigenvalue weighted by Crippen LogP contribution is -2.01. The molecule has 0 aromatic carbocycles. The molecule has 0 amide bonds. The van der Waals surface area contributed by atoms with Crippen molar-refractivity contribution in [1.29, 1.82) is 5.26 Å². The molecule has 3 nitrogen and oxygen atoms in total. The first-order valence-corrected chi connectivity index (χ1v) is 3.70. The van der Waals surface area contributed by atoms with Gasteiger partial charge in [0.05, 0.1) is 12.3 Å². The van der Waals surface area contributed by atoms with E-state index >= 15 is 0 Å². The Morgan fingerprint density at radius 3 is 3.00 bits per heavy atom. The molecule has 0 fully saturated rings. The van der Waals surface area contributed by atoms with Crippen LogP contribution in [0.15, 0.2) is 12.4 Å². The van der Waals surface area contributed by atoms with Gasteiger partial charge in [0, 0.05) is 6.20 Å². The molecule has 0 saturated heterocycles. The molecule has 0 spiro atoms. The van der Waals surface area contributed by atoms with Gasteiger partial charge in [0.15, 0.2) is 0 Å². The summed E-state index contributed by atoms with van der Waals surface area (Å²) < 4.78 is 1.68. The molecule has 1 rings (SSSR count).